The lowest BCUT2D eigenvalue weighted by molar-refractivity contribution is 0.0423. The van der Waals surface area contributed by atoms with Gasteiger partial charge in [-0.25, -0.2) is 4.79 Å². The summed E-state index contributed by atoms with van der Waals surface area (Å²) in [5, 5.41) is 9.04. The van der Waals surface area contributed by atoms with Crippen LogP contribution in [0, 0.1) is 0 Å². The number of hydrogen-bond donors (Lipinski definition) is 0. The van der Waals surface area contributed by atoms with Gasteiger partial charge in [0.15, 0.2) is 12.3 Å². The standard InChI is InChI=1S/C26H20N4O5/c1-2-33-21-15-9-8-14-20(21)24-27-22(35-29-24)16-34-26(32)23-18-12-6-7-13-19(18)25(31)30(28-23)17-10-4-3-5-11-17/h3-15H,2,16H2,1H3. The van der Waals surface area contributed by atoms with E-state index in [2.05, 4.69) is 15.2 Å². The van der Waals surface area contributed by atoms with Crippen molar-refractivity contribution in [1.82, 2.24) is 19.9 Å². The molecule has 174 valence electrons. The number of aromatic nitrogens is 4. The lowest BCUT2D eigenvalue weighted by Crippen LogP contribution is -2.25. The van der Waals surface area contributed by atoms with E-state index in [1.165, 1.54) is 4.68 Å². The monoisotopic (exact) mass is 468 g/mol. The van der Waals surface area contributed by atoms with E-state index in [4.69, 9.17) is 14.0 Å². The molecule has 0 amide bonds. The van der Waals surface area contributed by atoms with Gasteiger partial charge in [0.2, 0.25) is 5.82 Å². The molecule has 0 spiro atoms. The van der Waals surface area contributed by atoms with Gasteiger partial charge in [-0.05, 0) is 37.3 Å². The lowest BCUT2D eigenvalue weighted by atomic mass is 10.1. The molecule has 2 aromatic heterocycles. The van der Waals surface area contributed by atoms with Crippen molar-refractivity contribution in [1.29, 1.82) is 0 Å². The lowest BCUT2D eigenvalue weighted by Gasteiger charge is -2.10. The van der Waals surface area contributed by atoms with Gasteiger partial charge >= 0.3 is 5.97 Å². The van der Waals surface area contributed by atoms with Gasteiger partial charge in [-0.15, -0.1) is 0 Å². The van der Waals surface area contributed by atoms with Crippen molar-refractivity contribution in [2.45, 2.75) is 13.5 Å². The Morgan fingerprint density at radius 3 is 2.46 bits per heavy atom. The van der Waals surface area contributed by atoms with Crippen LogP contribution in [-0.4, -0.2) is 32.5 Å². The van der Waals surface area contributed by atoms with Crippen LogP contribution in [0.5, 0.6) is 5.75 Å². The van der Waals surface area contributed by atoms with Crippen molar-refractivity contribution in [2.24, 2.45) is 0 Å². The summed E-state index contributed by atoms with van der Waals surface area (Å²) in [7, 11) is 0. The zero-order valence-corrected chi connectivity index (χ0v) is 18.7. The highest BCUT2D eigenvalue weighted by atomic mass is 16.6. The predicted molar refractivity (Wildman–Crippen MR) is 127 cm³/mol. The van der Waals surface area contributed by atoms with E-state index in [0.717, 1.165) is 0 Å². The summed E-state index contributed by atoms with van der Waals surface area (Å²) >= 11 is 0. The minimum atomic E-state index is -0.722. The first-order valence-electron chi connectivity index (χ1n) is 10.9. The van der Waals surface area contributed by atoms with Crippen molar-refractivity contribution in [3.8, 4) is 22.8 Å². The van der Waals surface area contributed by atoms with Crippen LogP contribution in [0.15, 0.2) is 88.2 Å². The molecular weight excluding hydrogens is 448 g/mol. The third-order valence-corrected chi connectivity index (χ3v) is 5.22. The Kier molecular flexibility index (Phi) is 6.04. The molecule has 9 heteroatoms. The molecule has 5 rings (SSSR count). The van der Waals surface area contributed by atoms with E-state index in [1.807, 2.05) is 37.3 Å². The van der Waals surface area contributed by atoms with Crippen LogP contribution in [0.3, 0.4) is 0 Å². The molecule has 0 bridgehead atoms. The maximum absolute atomic E-state index is 13.0. The van der Waals surface area contributed by atoms with E-state index < -0.39 is 5.97 Å². The van der Waals surface area contributed by atoms with E-state index in [-0.39, 0.29) is 23.8 Å². The van der Waals surface area contributed by atoms with Gasteiger partial charge in [0.25, 0.3) is 11.4 Å². The second-order valence-corrected chi connectivity index (χ2v) is 7.46. The van der Waals surface area contributed by atoms with Crippen LogP contribution in [-0.2, 0) is 11.3 Å². The molecule has 0 saturated carbocycles. The van der Waals surface area contributed by atoms with Crippen molar-refractivity contribution in [3.05, 3.63) is 101 Å². The molecule has 0 atom stereocenters. The highest BCUT2D eigenvalue weighted by molar-refractivity contribution is 6.02. The molecule has 3 aromatic carbocycles. The zero-order chi connectivity index (χ0) is 24.2. The molecule has 0 aliphatic heterocycles. The van der Waals surface area contributed by atoms with Crippen molar-refractivity contribution in [3.63, 3.8) is 0 Å². The smallest absolute Gasteiger partial charge is 0.359 e. The summed E-state index contributed by atoms with van der Waals surface area (Å²) in [6, 6.07) is 23.0. The van der Waals surface area contributed by atoms with Gasteiger partial charge in [-0.1, -0.05) is 53.7 Å². The zero-order valence-electron chi connectivity index (χ0n) is 18.7. The number of nitrogens with zero attached hydrogens (tertiary/aromatic N) is 4. The van der Waals surface area contributed by atoms with Gasteiger partial charge in [0.1, 0.15) is 5.75 Å². The SMILES string of the molecule is CCOc1ccccc1-c1noc(COC(=O)c2nn(-c3ccccc3)c(=O)c3ccccc23)n1. The number of hydrogen-bond acceptors (Lipinski definition) is 8. The Morgan fingerprint density at radius 1 is 0.943 bits per heavy atom. The Bertz CT molecular complexity index is 1560. The maximum atomic E-state index is 13.0. The summed E-state index contributed by atoms with van der Waals surface area (Å²) in [6.07, 6.45) is 0. The summed E-state index contributed by atoms with van der Waals surface area (Å²) in [5.41, 5.74) is 0.869. The third kappa shape index (κ3) is 4.39. The van der Waals surface area contributed by atoms with Crippen molar-refractivity contribution >= 4 is 16.7 Å². The fourth-order valence-corrected chi connectivity index (χ4v) is 3.64. The molecule has 0 aliphatic rings. The molecule has 0 fully saturated rings. The molecule has 0 unspecified atom stereocenters. The minimum Gasteiger partial charge on any atom is -0.493 e. The number of esters is 1. The second-order valence-electron chi connectivity index (χ2n) is 7.46. The summed E-state index contributed by atoms with van der Waals surface area (Å²) < 4.78 is 17.5. The molecule has 5 aromatic rings. The highest BCUT2D eigenvalue weighted by Crippen LogP contribution is 2.27. The first-order valence-corrected chi connectivity index (χ1v) is 10.9. The summed E-state index contributed by atoms with van der Waals surface area (Å²) in [6.45, 7) is 2.12. The van der Waals surface area contributed by atoms with Gasteiger partial charge in [0, 0.05) is 5.39 Å². The number of benzene rings is 3. The van der Waals surface area contributed by atoms with E-state index in [1.54, 1.807) is 48.5 Å². The van der Waals surface area contributed by atoms with Crippen molar-refractivity contribution < 1.29 is 18.8 Å². The average molecular weight is 468 g/mol. The molecule has 0 radical (unpaired) electrons. The maximum Gasteiger partial charge on any atom is 0.359 e. The Hall–Kier alpha value is -4.79. The first-order chi connectivity index (χ1) is 17.2. The largest absolute Gasteiger partial charge is 0.493 e. The molecule has 2 heterocycles. The fourth-order valence-electron chi connectivity index (χ4n) is 3.64. The normalized spacial score (nSPS) is 10.9. The minimum absolute atomic E-state index is 0.00508. The number of ether oxygens (including phenoxy) is 2. The number of rotatable bonds is 7. The van der Waals surface area contributed by atoms with Gasteiger partial charge in [0.05, 0.1) is 23.2 Å². The highest BCUT2D eigenvalue weighted by Gasteiger charge is 2.20. The number of fused-ring (bicyclic) bond motifs is 1. The van der Waals surface area contributed by atoms with Crippen LogP contribution in [0.4, 0.5) is 0 Å². The van der Waals surface area contributed by atoms with Crippen LogP contribution in [0.1, 0.15) is 23.3 Å². The molecular formula is C26H20N4O5. The molecule has 0 N–H and O–H groups in total. The average Bonchev–Trinajstić information content (AvgIpc) is 3.38. The second kappa shape index (κ2) is 9.60. The predicted octanol–water partition coefficient (Wildman–Crippen LogP) is 4.19. The summed E-state index contributed by atoms with van der Waals surface area (Å²) in [4.78, 5) is 30.4. The number of carbonyl (C=O) groups is 1. The van der Waals surface area contributed by atoms with E-state index in [0.29, 0.717) is 40.2 Å². The number of carbonyl (C=O) groups excluding carboxylic acids is 1. The van der Waals surface area contributed by atoms with Crippen molar-refractivity contribution in [2.75, 3.05) is 6.61 Å². The van der Waals surface area contributed by atoms with E-state index >= 15 is 0 Å². The molecule has 35 heavy (non-hydrogen) atoms. The van der Waals surface area contributed by atoms with Crippen LogP contribution < -0.4 is 10.3 Å². The van der Waals surface area contributed by atoms with Crippen LogP contribution in [0.25, 0.3) is 27.8 Å². The Balaban J connectivity index is 1.43. The van der Waals surface area contributed by atoms with Crippen LogP contribution in [0.2, 0.25) is 0 Å². The third-order valence-electron chi connectivity index (χ3n) is 5.22. The quantitative estimate of drug-likeness (QED) is 0.327. The van der Waals surface area contributed by atoms with Crippen LogP contribution >= 0.6 is 0 Å². The van der Waals surface area contributed by atoms with Gasteiger partial charge in [-0.2, -0.15) is 14.8 Å². The first kappa shape index (κ1) is 22.0. The van der Waals surface area contributed by atoms with E-state index in [9.17, 15) is 9.59 Å². The summed E-state index contributed by atoms with van der Waals surface area (Å²) in [5.74, 6) is 0.333. The molecule has 0 aliphatic carbocycles. The van der Waals surface area contributed by atoms with Gasteiger partial charge in [-0.3, -0.25) is 4.79 Å². The Labute approximate surface area is 199 Å². The Morgan fingerprint density at radius 2 is 1.66 bits per heavy atom. The number of para-hydroxylation sites is 2. The molecule has 0 saturated heterocycles. The van der Waals surface area contributed by atoms with Gasteiger partial charge < -0.3 is 14.0 Å². The topological polar surface area (TPSA) is 109 Å². The fraction of sp³-hybridized carbons (Fsp3) is 0.115. The molecule has 9 nitrogen and oxygen atoms in total.